The van der Waals surface area contributed by atoms with E-state index in [-0.39, 0.29) is 5.92 Å². The van der Waals surface area contributed by atoms with Gasteiger partial charge in [-0.1, -0.05) is 168 Å². The highest BCUT2D eigenvalue weighted by atomic mass is 32.2. The fourth-order valence-electron chi connectivity index (χ4n) is 14.7. The minimum atomic E-state index is -0.00222. The molecular formula is C100H100N4O3S. The van der Waals surface area contributed by atoms with Gasteiger partial charge in [0.15, 0.2) is 0 Å². The number of thioether (sulfide) groups is 1. The van der Waals surface area contributed by atoms with Crippen LogP contribution in [0, 0.1) is 27.7 Å². The molecule has 0 atom stereocenters. The summed E-state index contributed by atoms with van der Waals surface area (Å²) in [7, 11) is 0. The van der Waals surface area contributed by atoms with Crippen molar-refractivity contribution in [1.29, 1.82) is 0 Å². The van der Waals surface area contributed by atoms with Crippen LogP contribution in [0.2, 0.25) is 0 Å². The predicted molar refractivity (Wildman–Crippen MR) is 462 cm³/mol. The summed E-state index contributed by atoms with van der Waals surface area (Å²) in [5, 5.41) is 2.24. The lowest BCUT2D eigenvalue weighted by Gasteiger charge is -2.30. The molecule has 108 heavy (non-hydrogen) atoms. The lowest BCUT2D eigenvalue weighted by Crippen LogP contribution is -2.16. The zero-order valence-electron chi connectivity index (χ0n) is 64.2. The molecule has 8 heteroatoms. The van der Waals surface area contributed by atoms with Gasteiger partial charge in [-0.05, 0) is 305 Å². The predicted octanol–water partition coefficient (Wildman–Crippen LogP) is 29.5. The molecule has 12 aromatic carbocycles. The number of hydrogen-bond donors (Lipinski definition) is 0. The molecule has 14 rings (SSSR count). The van der Waals surface area contributed by atoms with Gasteiger partial charge in [-0.15, -0.1) is 11.8 Å². The summed E-state index contributed by atoms with van der Waals surface area (Å²) in [4.78, 5) is 10.8. The van der Waals surface area contributed by atoms with Gasteiger partial charge in [0.25, 0.3) is 0 Å². The molecule has 0 unspecified atom stereocenters. The summed E-state index contributed by atoms with van der Waals surface area (Å²) in [6, 6.07) is 96.3. The highest BCUT2D eigenvalue weighted by Crippen LogP contribution is 2.50. The van der Waals surface area contributed by atoms with E-state index in [9.17, 15) is 0 Å². The van der Waals surface area contributed by atoms with Crippen LogP contribution in [0.1, 0.15) is 131 Å². The van der Waals surface area contributed by atoms with Crippen LogP contribution in [-0.4, -0.2) is 19.0 Å². The number of allylic oxidation sites excluding steroid dienone is 5. The molecule has 0 bridgehead atoms. The summed E-state index contributed by atoms with van der Waals surface area (Å²) in [6.45, 7) is 21.1. The van der Waals surface area contributed by atoms with Gasteiger partial charge in [-0.3, -0.25) is 0 Å². The first-order valence-electron chi connectivity index (χ1n) is 39.0. The molecule has 0 amide bonds. The number of benzene rings is 12. The number of ether oxygens (including phenoxy) is 2. The quantitative estimate of drug-likeness (QED) is 0.0242. The molecule has 0 saturated heterocycles. The number of furan rings is 1. The van der Waals surface area contributed by atoms with Crippen molar-refractivity contribution in [2.75, 3.05) is 38.6 Å². The molecule has 544 valence electrons. The van der Waals surface area contributed by atoms with E-state index in [0.29, 0.717) is 13.2 Å². The minimum absolute atomic E-state index is 0.00222. The second-order valence-corrected chi connectivity index (χ2v) is 29.9. The van der Waals surface area contributed by atoms with Gasteiger partial charge < -0.3 is 33.5 Å². The van der Waals surface area contributed by atoms with E-state index in [1.807, 2.05) is 11.8 Å². The summed E-state index contributed by atoms with van der Waals surface area (Å²) in [6.07, 6.45) is 21.1. The fraction of sp³-hybridized carbons (Fsp3) is 0.220. The third kappa shape index (κ3) is 16.7. The normalized spacial score (nSPS) is 12.2. The molecule has 1 aromatic heterocycles. The number of rotatable bonds is 31. The van der Waals surface area contributed by atoms with Crippen LogP contribution in [0.25, 0.3) is 44.2 Å². The molecule has 0 radical (unpaired) electrons. The van der Waals surface area contributed by atoms with E-state index in [2.05, 4.69) is 373 Å². The molecule has 7 nitrogen and oxygen atoms in total. The van der Waals surface area contributed by atoms with Gasteiger partial charge in [0.2, 0.25) is 0 Å². The maximum Gasteiger partial charge on any atom is 0.137 e. The van der Waals surface area contributed by atoms with Gasteiger partial charge in [0.1, 0.15) is 22.7 Å². The molecule has 13 aromatic rings. The van der Waals surface area contributed by atoms with E-state index in [4.69, 9.17) is 13.9 Å². The zero-order valence-corrected chi connectivity index (χ0v) is 65.0. The Balaban J connectivity index is 0.804. The van der Waals surface area contributed by atoms with E-state index in [1.54, 1.807) is 0 Å². The number of fused-ring (bicyclic) bond motifs is 6. The third-order valence-corrected chi connectivity index (χ3v) is 21.8. The van der Waals surface area contributed by atoms with Crippen molar-refractivity contribution in [3.63, 3.8) is 0 Å². The van der Waals surface area contributed by atoms with Gasteiger partial charge in [-0.2, -0.15) is 0 Å². The Bertz CT molecular complexity index is 5230. The summed E-state index contributed by atoms with van der Waals surface area (Å²) >= 11 is 1.93. The van der Waals surface area contributed by atoms with Gasteiger partial charge in [-0.25, -0.2) is 0 Å². The molecule has 0 spiro atoms. The van der Waals surface area contributed by atoms with Crippen molar-refractivity contribution in [3.8, 4) is 33.8 Å². The SMILES string of the molecule is C\C=C/C(=C\C=C\C1c2cc(OCCCC)ccc2-c2ccc(OCCCC)cc21)N(c1ccc(C)cc1)c1ccc(N(c2ccc(N(c3ccc(-c4ccc(N(c5ccc(C)cc5)c5ccc(SCCCC)cc5)cc4)cc3)c3ccc4c(c3)oc3cc(CCCC)ccc34)cc2)c2cc(C)ccc2C)cc1. The first-order valence-corrected chi connectivity index (χ1v) is 40.0. The Labute approximate surface area is 645 Å². The summed E-state index contributed by atoms with van der Waals surface area (Å²) < 4.78 is 19.5. The Morgan fingerprint density at radius 1 is 0.417 bits per heavy atom. The molecule has 1 aliphatic rings. The first-order chi connectivity index (χ1) is 52.9. The Morgan fingerprint density at radius 2 is 0.861 bits per heavy atom. The van der Waals surface area contributed by atoms with Crippen molar-refractivity contribution in [3.05, 3.63) is 336 Å². The van der Waals surface area contributed by atoms with Crippen molar-refractivity contribution >= 4 is 96.3 Å². The van der Waals surface area contributed by atoms with Crippen molar-refractivity contribution in [1.82, 2.24) is 0 Å². The number of aryl methyl sites for hydroxylation is 5. The lowest BCUT2D eigenvalue weighted by molar-refractivity contribution is 0.309. The summed E-state index contributed by atoms with van der Waals surface area (Å²) in [5.74, 6) is 2.94. The van der Waals surface area contributed by atoms with Crippen LogP contribution in [-0.2, 0) is 6.42 Å². The van der Waals surface area contributed by atoms with Crippen LogP contribution >= 0.6 is 11.8 Å². The van der Waals surface area contributed by atoms with Gasteiger partial charge in [0.05, 0.1) is 13.2 Å². The Hall–Kier alpha value is -11.2. The van der Waals surface area contributed by atoms with Crippen molar-refractivity contribution < 1.29 is 13.9 Å². The molecule has 0 aliphatic heterocycles. The maximum absolute atomic E-state index is 6.80. The standard InChI is InChI=1S/C100H100N4O3S/c1-10-15-21-74-30-58-94-95-59-53-87(67-100(95)107-99(94)66-74)103(81-41-33-76(34-42-81)75-31-39-80(40-32-75)102(79-37-27-71(7)28-38-79)84-51-56-90(57-52-84)108-64-18-13-4)83-45-49-86(50-46-83)104(98-65-72(8)24-29-73(98)9)85-47-43-82(44-48-85)101(78-35-25-70(6)26-36-78)77(20-14-5)22-19-23-91-96-68-88(105-62-16-11-2)54-60-92(96)93-61-55-89(69-97(91)93)106-63-17-12-3/h14,19-20,22-61,65-69,91H,10-13,15-18,21,62-64H2,1-9H3/b20-14-,23-19+,77-22+. The topological polar surface area (TPSA) is 44.6 Å². The lowest BCUT2D eigenvalue weighted by atomic mass is 9.96. The number of anilines is 11. The molecule has 0 N–H and O–H groups in total. The number of nitrogens with zero attached hydrogens (tertiary/aromatic N) is 4. The molecule has 1 heterocycles. The van der Waals surface area contributed by atoms with Crippen LogP contribution in [0.15, 0.2) is 306 Å². The zero-order chi connectivity index (χ0) is 74.5. The van der Waals surface area contributed by atoms with E-state index in [0.717, 1.165) is 164 Å². The second-order valence-electron chi connectivity index (χ2n) is 28.7. The highest BCUT2D eigenvalue weighted by molar-refractivity contribution is 7.99. The average molecular weight is 1440 g/mol. The van der Waals surface area contributed by atoms with Crippen LogP contribution in [0.3, 0.4) is 0 Å². The van der Waals surface area contributed by atoms with Crippen LogP contribution in [0.5, 0.6) is 11.5 Å². The van der Waals surface area contributed by atoms with E-state index in [1.165, 1.54) is 67.8 Å². The van der Waals surface area contributed by atoms with Crippen LogP contribution in [0.4, 0.5) is 62.6 Å². The largest absolute Gasteiger partial charge is 0.494 e. The Morgan fingerprint density at radius 3 is 1.39 bits per heavy atom. The highest BCUT2D eigenvalue weighted by Gasteiger charge is 2.29. The number of unbranched alkanes of at least 4 members (excludes halogenated alkanes) is 4. The smallest absolute Gasteiger partial charge is 0.137 e. The monoisotopic (exact) mass is 1440 g/mol. The number of hydrogen-bond acceptors (Lipinski definition) is 8. The maximum atomic E-state index is 6.80. The van der Waals surface area contributed by atoms with Gasteiger partial charge in [0, 0.05) is 95.9 Å². The molecule has 1 aliphatic carbocycles. The van der Waals surface area contributed by atoms with Crippen LogP contribution < -0.4 is 29.1 Å². The molecule has 0 saturated carbocycles. The third-order valence-electron chi connectivity index (χ3n) is 20.7. The average Bonchev–Trinajstić information content (AvgIpc) is 1.62. The molecular weight excluding hydrogens is 1340 g/mol. The Kier molecular flexibility index (Phi) is 23.6. The fourth-order valence-corrected chi connectivity index (χ4v) is 15.7. The van der Waals surface area contributed by atoms with Crippen molar-refractivity contribution in [2.24, 2.45) is 0 Å². The summed E-state index contributed by atoms with van der Waals surface area (Å²) in [5.41, 5.74) is 27.8. The molecule has 0 fully saturated rings. The second kappa shape index (κ2) is 34.6. The van der Waals surface area contributed by atoms with Crippen molar-refractivity contribution in [2.45, 2.75) is 131 Å². The first kappa shape index (κ1) is 73.7. The van der Waals surface area contributed by atoms with E-state index < -0.39 is 0 Å². The van der Waals surface area contributed by atoms with Gasteiger partial charge >= 0.3 is 0 Å². The van der Waals surface area contributed by atoms with E-state index >= 15 is 0 Å². The minimum Gasteiger partial charge on any atom is -0.494 e.